The lowest BCUT2D eigenvalue weighted by Crippen LogP contribution is -2.43. The van der Waals surface area contributed by atoms with E-state index in [1.165, 1.54) is 35.5 Å². The van der Waals surface area contributed by atoms with Crippen molar-refractivity contribution < 1.29 is 19.1 Å². The number of pyridine rings is 1. The first-order valence-electron chi connectivity index (χ1n) is 9.66. The minimum absolute atomic E-state index is 0.00795. The molecule has 6 nitrogen and oxygen atoms in total. The van der Waals surface area contributed by atoms with Crippen LogP contribution in [-0.4, -0.2) is 26.8 Å². The first-order chi connectivity index (χ1) is 14.9. The number of amides is 2. The number of aromatic nitrogens is 1. The molecule has 0 spiro atoms. The van der Waals surface area contributed by atoms with Gasteiger partial charge < -0.3 is 15.7 Å². The van der Waals surface area contributed by atoms with Gasteiger partial charge in [0.2, 0.25) is 5.91 Å². The van der Waals surface area contributed by atoms with E-state index in [1.54, 1.807) is 30.3 Å². The standard InChI is InChI=1S/C23H19ClFN3O3/c24-14-10-17-15(18(25)11-14)7-8-19(17)28(23(31)16-5-1-2-6-20(16)29)21(22(26)30)13-4-3-9-27-12-13/h1-6,9-12,19,21,29H,7-8H2,(H2,26,30)/t19-,21-/m1/s1. The Kier molecular flexibility index (Phi) is 5.61. The summed E-state index contributed by atoms with van der Waals surface area (Å²) >= 11 is 6.09. The van der Waals surface area contributed by atoms with Crippen molar-refractivity contribution in [3.05, 3.63) is 94.0 Å². The Hall–Kier alpha value is -3.45. The molecule has 3 aromatic rings. The van der Waals surface area contributed by atoms with Crippen molar-refractivity contribution >= 4 is 23.4 Å². The topological polar surface area (TPSA) is 96.5 Å². The lowest BCUT2D eigenvalue weighted by molar-refractivity contribution is -0.123. The zero-order valence-electron chi connectivity index (χ0n) is 16.3. The maximum absolute atomic E-state index is 14.5. The molecule has 8 heteroatoms. The molecule has 1 heterocycles. The molecule has 0 saturated carbocycles. The highest BCUT2D eigenvalue weighted by Crippen LogP contribution is 2.43. The number of hydrogen-bond donors (Lipinski definition) is 2. The Morgan fingerprint density at radius 2 is 2.00 bits per heavy atom. The molecule has 2 atom stereocenters. The van der Waals surface area contributed by atoms with E-state index in [2.05, 4.69) is 4.98 Å². The molecular weight excluding hydrogens is 421 g/mol. The molecule has 4 rings (SSSR count). The van der Waals surface area contributed by atoms with Gasteiger partial charge >= 0.3 is 0 Å². The van der Waals surface area contributed by atoms with Crippen LogP contribution in [0, 0.1) is 5.82 Å². The summed E-state index contributed by atoms with van der Waals surface area (Å²) in [6.07, 6.45) is 3.73. The minimum Gasteiger partial charge on any atom is -0.507 e. The van der Waals surface area contributed by atoms with Crippen molar-refractivity contribution in [2.75, 3.05) is 0 Å². The molecule has 31 heavy (non-hydrogen) atoms. The van der Waals surface area contributed by atoms with Gasteiger partial charge in [0.1, 0.15) is 17.6 Å². The fourth-order valence-electron chi connectivity index (χ4n) is 4.14. The van der Waals surface area contributed by atoms with Gasteiger partial charge in [-0.2, -0.15) is 0 Å². The third-order valence-electron chi connectivity index (χ3n) is 5.47. The lowest BCUT2D eigenvalue weighted by atomic mass is 9.98. The van der Waals surface area contributed by atoms with Crippen LogP contribution >= 0.6 is 11.6 Å². The molecule has 0 unspecified atom stereocenters. The summed E-state index contributed by atoms with van der Waals surface area (Å²) in [4.78, 5) is 31.6. The Morgan fingerprint density at radius 1 is 1.23 bits per heavy atom. The van der Waals surface area contributed by atoms with Gasteiger partial charge in [0.15, 0.2) is 0 Å². The Bertz CT molecular complexity index is 1160. The number of carbonyl (C=O) groups excluding carboxylic acids is 2. The monoisotopic (exact) mass is 439 g/mol. The first kappa shape index (κ1) is 20.8. The highest BCUT2D eigenvalue weighted by atomic mass is 35.5. The molecule has 1 aliphatic carbocycles. The fraction of sp³-hybridized carbons (Fsp3) is 0.174. The molecule has 0 fully saturated rings. The van der Waals surface area contributed by atoms with E-state index in [1.807, 2.05) is 0 Å². The molecule has 2 amide bonds. The van der Waals surface area contributed by atoms with E-state index in [9.17, 15) is 19.1 Å². The van der Waals surface area contributed by atoms with Crippen molar-refractivity contribution in [2.24, 2.45) is 5.73 Å². The summed E-state index contributed by atoms with van der Waals surface area (Å²) in [5, 5.41) is 10.5. The largest absolute Gasteiger partial charge is 0.507 e. The van der Waals surface area contributed by atoms with Crippen LogP contribution < -0.4 is 5.73 Å². The van der Waals surface area contributed by atoms with E-state index in [4.69, 9.17) is 17.3 Å². The Morgan fingerprint density at radius 3 is 2.68 bits per heavy atom. The van der Waals surface area contributed by atoms with Gasteiger partial charge in [0.25, 0.3) is 5.91 Å². The highest BCUT2D eigenvalue weighted by Gasteiger charge is 2.41. The Balaban J connectivity index is 1.90. The quantitative estimate of drug-likeness (QED) is 0.629. The number of fused-ring (bicyclic) bond motifs is 1. The zero-order valence-corrected chi connectivity index (χ0v) is 17.1. The van der Waals surface area contributed by atoms with Crippen LogP contribution in [0.1, 0.15) is 45.6 Å². The number of halogens is 2. The number of primary amides is 1. The second-order valence-electron chi connectivity index (χ2n) is 7.33. The first-order valence-corrected chi connectivity index (χ1v) is 10.0. The van der Waals surface area contributed by atoms with E-state index in [-0.39, 0.29) is 16.3 Å². The van der Waals surface area contributed by atoms with Gasteiger partial charge in [-0.1, -0.05) is 29.8 Å². The van der Waals surface area contributed by atoms with Crippen LogP contribution in [0.5, 0.6) is 5.75 Å². The number of carbonyl (C=O) groups is 2. The smallest absolute Gasteiger partial charge is 0.259 e. The zero-order chi connectivity index (χ0) is 22.1. The van der Waals surface area contributed by atoms with Crippen molar-refractivity contribution in [2.45, 2.75) is 24.9 Å². The van der Waals surface area contributed by atoms with Gasteiger partial charge in [0, 0.05) is 23.0 Å². The number of nitrogens with zero attached hydrogens (tertiary/aromatic N) is 2. The van der Waals surface area contributed by atoms with Gasteiger partial charge in [0.05, 0.1) is 11.6 Å². The predicted molar refractivity (Wildman–Crippen MR) is 113 cm³/mol. The van der Waals surface area contributed by atoms with Gasteiger partial charge in [-0.15, -0.1) is 0 Å². The van der Waals surface area contributed by atoms with Crippen LogP contribution in [0.15, 0.2) is 60.9 Å². The van der Waals surface area contributed by atoms with Gasteiger partial charge in [-0.3, -0.25) is 14.6 Å². The molecule has 0 radical (unpaired) electrons. The molecule has 1 aliphatic rings. The van der Waals surface area contributed by atoms with Crippen LogP contribution in [0.2, 0.25) is 5.02 Å². The normalized spacial score (nSPS) is 15.9. The molecule has 158 valence electrons. The predicted octanol–water partition coefficient (Wildman–Crippen LogP) is 3.94. The SMILES string of the molecule is NC(=O)[C@@H](c1cccnc1)N(C(=O)c1ccccc1O)[C@@H]1CCc2c(F)cc(Cl)cc21. The van der Waals surface area contributed by atoms with Crippen LogP contribution in [-0.2, 0) is 11.2 Å². The average molecular weight is 440 g/mol. The number of hydrogen-bond acceptors (Lipinski definition) is 4. The molecular formula is C23H19ClFN3O3. The second kappa shape index (κ2) is 8.35. The van der Waals surface area contributed by atoms with Crippen molar-refractivity contribution in [3.8, 4) is 5.75 Å². The van der Waals surface area contributed by atoms with E-state index in [0.29, 0.717) is 29.5 Å². The molecule has 0 bridgehead atoms. The maximum atomic E-state index is 14.5. The van der Waals surface area contributed by atoms with Crippen molar-refractivity contribution in [1.82, 2.24) is 9.88 Å². The average Bonchev–Trinajstić information content (AvgIpc) is 3.16. The van der Waals surface area contributed by atoms with E-state index in [0.717, 1.165) is 0 Å². The van der Waals surface area contributed by atoms with E-state index < -0.39 is 29.7 Å². The summed E-state index contributed by atoms with van der Waals surface area (Å²) in [5.41, 5.74) is 7.13. The fourth-order valence-corrected chi connectivity index (χ4v) is 4.36. The Labute approximate surface area is 183 Å². The highest BCUT2D eigenvalue weighted by molar-refractivity contribution is 6.30. The van der Waals surface area contributed by atoms with E-state index >= 15 is 0 Å². The molecule has 2 aromatic carbocycles. The number of benzene rings is 2. The van der Waals surface area contributed by atoms with Crippen LogP contribution in [0.4, 0.5) is 4.39 Å². The third-order valence-corrected chi connectivity index (χ3v) is 5.69. The van der Waals surface area contributed by atoms with Crippen molar-refractivity contribution in [1.29, 1.82) is 0 Å². The van der Waals surface area contributed by atoms with Crippen LogP contribution in [0.25, 0.3) is 0 Å². The molecule has 3 N–H and O–H groups in total. The molecule has 0 aliphatic heterocycles. The number of phenolic OH excluding ortho intramolecular Hbond substituents is 1. The molecule has 0 saturated heterocycles. The summed E-state index contributed by atoms with van der Waals surface area (Å²) in [7, 11) is 0. The number of phenols is 1. The number of para-hydroxylation sites is 1. The number of aromatic hydroxyl groups is 1. The molecule has 1 aromatic heterocycles. The summed E-state index contributed by atoms with van der Waals surface area (Å²) in [5.74, 6) is -2.07. The number of nitrogens with two attached hydrogens (primary N) is 1. The summed E-state index contributed by atoms with van der Waals surface area (Å²) < 4.78 is 14.5. The van der Waals surface area contributed by atoms with Gasteiger partial charge in [-0.05, 0) is 54.3 Å². The summed E-state index contributed by atoms with van der Waals surface area (Å²) in [6, 6.07) is 10.3. The second-order valence-corrected chi connectivity index (χ2v) is 7.77. The van der Waals surface area contributed by atoms with Crippen LogP contribution in [0.3, 0.4) is 0 Å². The maximum Gasteiger partial charge on any atom is 0.259 e. The van der Waals surface area contributed by atoms with Gasteiger partial charge in [-0.25, -0.2) is 4.39 Å². The van der Waals surface area contributed by atoms with Crippen molar-refractivity contribution in [3.63, 3.8) is 0 Å². The minimum atomic E-state index is -1.18. The number of rotatable bonds is 5. The summed E-state index contributed by atoms with van der Waals surface area (Å²) in [6.45, 7) is 0. The lowest BCUT2D eigenvalue weighted by Gasteiger charge is -2.35. The third kappa shape index (κ3) is 3.84.